The monoisotopic (exact) mass is 250 g/mol. The van der Waals surface area contributed by atoms with E-state index in [9.17, 15) is 0 Å². The summed E-state index contributed by atoms with van der Waals surface area (Å²) in [6, 6.07) is 0. The number of allylic oxidation sites excluding steroid dienone is 3. The summed E-state index contributed by atoms with van der Waals surface area (Å²) in [5.74, 6) is 2.24. The molecule has 0 saturated heterocycles. The van der Waals surface area contributed by atoms with Gasteiger partial charge in [0.2, 0.25) is 0 Å². The molecule has 104 valence electrons. The lowest BCUT2D eigenvalue weighted by Crippen LogP contribution is -2.14. The fourth-order valence-corrected chi connectivity index (χ4v) is 2.85. The van der Waals surface area contributed by atoms with Crippen LogP contribution in [0.4, 0.5) is 0 Å². The van der Waals surface area contributed by atoms with Crippen LogP contribution in [0.3, 0.4) is 0 Å². The molecule has 1 nitrogen and oxygen atoms in total. The fourth-order valence-electron chi connectivity index (χ4n) is 2.85. The van der Waals surface area contributed by atoms with E-state index in [1.54, 1.807) is 0 Å². The second-order valence-electron chi connectivity index (χ2n) is 5.56. The van der Waals surface area contributed by atoms with Crippen LogP contribution >= 0.6 is 0 Å². The molecule has 0 amide bonds. The van der Waals surface area contributed by atoms with Crippen molar-refractivity contribution in [3.63, 3.8) is 0 Å². The smallest absolute Gasteiger partial charge is 0.0952 e. The van der Waals surface area contributed by atoms with Crippen LogP contribution in [0.1, 0.15) is 64.7 Å². The Labute approximate surface area is 113 Å². The summed E-state index contributed by atoms with van der Waals surface area (Å²) in [4.78, 5) is 0. The Balaban J connectivity index is 2.69. The Morgan fingerprint density at radius 3 is 2.39 bits per heavy atom. The Hall–Kier alpha value is -0.720. The lowest BCUT2D eigenvalue weighted by molar-refractivity contribution is 0.210. The summed E-state index contributed by atoms with van der Waals surface area (Å²) in [5, 5.41) is 0. The second kappa shape index (κ2) is 9.24. The molecule has 2 atom stereocenters. The first-order chi connectivity index (χ1) is 8.79. The molecular formula is C17H30O. The van der Waals surface area contributed by atoms with Crippen molar-refractivity contribution in [1.82, 2.24) is 0 Å². The molecule has 0 heterocycles. The average molecular weight is 250 g/mol. The zero-order valence-electron chi connectivity index (χ0n) is 12.3. The maximum absolute atomic E-state index is 5.64. The minimum atomic E-state index is 0.513. The summed E-state index contributed by atoms with van der Waals surface area (Å²) in [7, 11) is 1.82. The Morgan fingerprint density at radius 2 is 1.78 bits per heavy atom. The number of rotatable bonds is 3. The third kappa shape index (κ3) is 5.29. The summed E-state index contributed by atoms with van der Waals surface area (Å²) < 4.78 is 5.64. The molecule has 0 N–H and O–H groups in total. The Kier molecular flexibility index (Phi) is 7.88. The molecule has 0 spiro atoms. The third-order valence-electron chi connectivity index (χ3n) is 4.17. The third-order valence-corrected chi connectivity index (χ3v) is 4.17. The van der Waals surface area contributed by atoms with E-state index in [1.165, 1.54) is 63.5 Å². The van der Waals surface area contributed by atoms with E-state index in [4.69, 9.17) is 4.74 Å². The molecule has 0 aromatic heterocycles. The van der Waals surface area contributed by atoms with Crippen LogP contribution in [0.25, 0.3) is 0 Å². The topological polar surface area (TPSA) is 9.23 Å². The van der Waals surface area contributed by atoms with E-state index in [0.717, 1.165) is 0 Å². The molecule has 1 aliphatic rings. The maximum Gasteiger partial charge on any atom is 0.0952 e. The van der Waals surface area contributed by atoms with Crippen molar-refractivity contribution in [3.05, 3.63) is 24.5 Å². The lowest BCUT2D eigenvalue weighted by Gasteiger charge is -2.24. The highest BCUT2D eigenvalue weighted by Gasteiger charge is 2.20. The molecule has 0 fully saturated rings. The second-order valence-corrected chi connectivity index (χ2v) is 5.56. The van der Waals surface area contributed by atoms with Gasteiger partial charge in [-0.05, 0) is 31.3 Å². The lowest BCUT2D eigenvalue weighted by atomic mass is 9.86. The predicted molar refractivity (Wildman–Crippen MR) is 79.5 cm³/mol. The van der Waals surface area contributed by atoms with Gasteiger partial charge < -0.3 is 4.74 Å². The van der Waals surface area contributed by atoms with Crippen LogP contribution in [-0.2, 0) is 4.74 Å². The van der Waals surface area contributed by atoms with Crippen molar-refractivity contribution in [2.75, 3.05) is 7.11 Å². The zero-order chi connectivity index (χ0) is 13.2. The van der Waals surface area contributed by atoms with Gasteiger partial charge in [0.05, 0.1) is 12.9 Å². The fraction of sp³-hybridized carbons (Fsp3) is 0.765. The number of ether oxygens (including phenoxy) is 1. The van der Waals surface area contributed by atoms with E-state index in [1.807, 2.05) is 7.11 Å². The van der Waals surface area contributed by atoms with E-state index in [2.05, 4.69) is 25.7 Å². The van der Waals surface area contributed by atoms with Crippen molar-refractivity contribution in [3.8, 4) is 0 Å². The van der Waals surface area contributed by atoms with Gasteiger partial charge in [0, 0.05) is 5.92 Å². The van der Waals surface area contributed by atoms with Crippen LogP contribution in [0, 0.1) is 11.8 Å². The van der Waals surface area contributed by atoms with E-state index in [0.29, 0.717) is 11.8 Å². The highest BCUT2D eigenvalue weighted by atomic mass is 16.5. The van der Waals surface area contributed by atoms with Crippen LogP contribution in [0.5, 0.6) is 0 Å². The highest BCUT2D eigenvalue weighted by molar-refractivity contribution is 5.03. The minimum Gasteiger partial charge on any atom is -0.501 e. The average Bonchev–Trinajstić information content (AvgIpc) is 2.38. The van der Waals surface area contributed by atoms with E-state index >= 15 is 0 Å². The van der Waals surface area contributed by atoms with Gasteiger partial charge in [-0.1, -0.05) is 51.5 Å². The number of methoxy groups -OCH3 is 1. The first-order valence-corrected chi connectivity index (χ1v) is 7.66. The Morgan fingerprint density at radius 1 is 1.17 bits per heavy atom. The van der Waals surface area contributed by atoms with Crippen LogP contribution in [-0.4, -0.2) is 7.11 Å². The summed E-state index contributed by atoms with van der Waals surface area (Å²) >= 11 is 0. The van der Waals surface area contributed by atoms with Crippen molar-refractivity contribution < 1.29 is 4.74 Å². The highest BCUT2D eigenvalue weighted by Crippen LogP contribution is 2.29. The Bertz CT molecular complexity index is 254. The molecule has 0 bridgehead atoms. The van der Waals surface area contributed by atoms with Crippen LogP contribution < -0.4 is 0 Å². The van der Waals surface area contributed by atoms with Gasteiger partial charge in [-0.3, -0.25) is 0 Å². The molecular weight excluding hydrogens is 220 g/mol. The summed E-state index contributed by atoms with van der Waals surface area (Å²) in [6.07, 6.45) is 16.4. The van der Waals surface area contributed by atoms with Crippen LogP contribution in [0.15, 0.2) is 24.5 Å². The van der Waals surface area contributed by atoms with Gasteiger partial charge in [-0.2, -0.15) is 0 Å². The number of hydrogen-bond acceptors (Lipinski definition) is 1. The van der Waals surface area contributed by atoms with E-state index in [-0.39, 0.29) is 0 Å². The summed E-state index contributed by atoms with van der Waals surface area (Å²) in [6.45, 7) is 6.21. The molecule has 0 saturated carbocycles. The molecule has 0 radical (unpaired) electrons. The van der Waals surface area contributed by atoms with Gasteiger partial charge in [0.15, 0.2) is 0 Å². The number of hydrogen-bond donors (Lipinski definition) is 0. The SMILES string of the molecule is C=CC(C)C1CCCCCCCCC/C=C\1OC. The maximum atomic E-state index is 5.64. The van der Waals surface area contributed by atoms with Crippen molar-refractivity contribution in [2.45, 2.75) is 64.7 Å². The molecule has 18 heavy (non-hydrogen) atoms. The van der Waals surface area contributed by atoms with Gasteiger partial charge in [0.25, 0.3) is 0 Å². The standard InChI is InChI=1S/C17H30O/c1-4-15(2)16-13-11-9-7-5-6-8-10-12-14-17(16)18-3/h4,14-16H,1,5-13H2,2-3H3/b17-14+. The van der Waals surface area contributed by atoms with Crippen molar-refractivity contribution in [2.24, 2.45) is 11.8 Å². The van der Waals surface area contributed by atoms with Gasteiger partial charge in [0.1, 0.15) is 0 Å². The van der Waals surface area contributed by atoms with Gasteiger partial charge >= 0.3 is 0 Å². The first kappa shape index (κ1) is 15.3. The minimum absolute atomic E-state index is 0.513. The van der Waals surface area contributed by atoms with Crippen molar-refractivity contribution in [1.29, 1.82) is 0 Å². The first-order valence-electron chi connectivity index (χ1n) is 7.66. The van der Waals surface area contributed by atoms with E-state index < -0.39 is 0 Å². The van der Waals surface area contributed by atoms with Crippen molar-refractivity contribution >= 4 is 0 Å². The molecule has 2 unspecified atom stereocenters. The zero-order valence-corrected chi connectivity index (χ0v) is 12.3. The predicted octanol–water partition coefficient (Wildman–Crippen LogP) is 5.48. The van der Waals surface area contributed by atoms with Crippen LogP contribution in [0.2, 0.25) is 0 Å². The largest absolute Gasteiger partial charge is 0.501 e. The molecule has 0 aromatic carbocycles. The molecule has 0 aromatic rings. The summed E-state index contributed by atoms with van der Waals surface area (Å²) in [5.41, 5.74) is 0. The normalized spacial score (nSPS) is 28.1. The van der Waals surface area contributed by atoms with Gasteiger partial charge in [-0.25, -0.2) is 0 Å². The molecule has 1 aliphatic carbocycles. The molecule has 0 aliphatic heterocycles. The van der Waals surface area contributed by atoms with Gasteiger partial charge in [-0.15, -0.1) is 6.58 Å². The molecule has 1 rings (SSSR count). The quantitative estimate of drug-likeness (QED) is 0.603. The molecule has 1 heteroatoms.